The van der Waals surface area contributed by atoms with Gasteiger partial charge in [-0.15, -0.1) is 0 Å². The molecule has 0 unspecified atom stereocenters. The Morgan fingerprint density at radius 1 is 0.812 bits per heavy atom. The minimum atomic E-state index is -0.581. The Morgan fingerprint density at radius 3 is 1.62 bits per heavy atom. The lowest BCUT2D eigenvalue weighted by molar-refractivity contribution is 0.579. The third-order valence-electron chi connectivity index (χ3n) is 2.02. The fourth-order valence-corrected chi connectivity index (χ4v) is 1.23. The number of hydrogen-bond donors (Lipinski definition) is 0. The van der Waals surface area contributed by atoms with Crippen molar-refractivity contribution in [2.75, 3.05) is 0 Å². The van der Waals surface area contributed by atoms with Crippen molar-refractivity contribution >= 4 is 12.2 Å². The van der Waals surface area contributed by atoms with Crippen molar-refractivity contribution in [3.05, 3.63) is 59.7 Å². The zero-order valence-corrected chi connectivity index (χ0v) is 8.27. The summed E-state index contributed by atoms with van der Waals surface area (Å²) >= 11 is 0. The van der Waals surface area contributed by atoms with Crippen molar-refractivity contribution in [1.29, 1.82) is 0 Å². The third kappa shape index (κ3) is 2.28. The van der Waals surface area contributed by atoms with Crippen LogP contribution in [0, 0.1) is 11.9 Å². The minimum absolute atomic E-state index is 0.311. The Balaban J connectivity index is 2.29. The maximum atomic E-state index is 13.1. The summed E-state index contributed by atoms with van der Waals surface area (Å²) in [4.78, 5) is 6.97. The standard InChI is InChI=1S/C12H8F2N2/c13-11-9(3-1-7-15-11)5-6-10-4-2-8-16-12(10)14/h1-8H/b6-5-. The molecule has 2 nitrogen and oxygen atoms in total. The molecule has 0 atom stereocenters. The van der Waals surface area contributed by atoms with Gasteiger partial charge in [-0.25, -0.2) is 9.97 Å². The molecule has 0 aliphatic rings. The maximum absolute atomic E-state index is 13.1. The molecule has 0 radical (unpaired) electrons. The lowest BCUT2D eigenvalue weighted by Crippen LogP contribution is -1.87. The van der Waals surface area contributed by atoms with Crippen molar-refractivity contribution in [2.45, 2.75) is 0 Å². The van der Waals surface area contributed by atoms with E-state index in [1.165, 1.54) is 24.5 Å². The highest BCUT2D eigenvalue weighted by Crippen LogP contribution is 2.11. The molecular formula is C12H8F2N2. The first-order chi connectivity index (χ1) is 7.77. The summed E-state index contributed by atoms with van der Waals surface area (Å²) in [5, 5.41) is 0. The number of hydrogen-bond acceptors (Lipinski definition) is 2. The molecule has 2 aromatic heterocycles. The van der Waals surface area contributed by atoms with Gasteiger partial charge in [0.2, 0.25) is 11.9 Å². The third-order valence-corrected chi connectivity index (χ3v) is 2.02. The van der Waals surface area contributed by atoms with E-state index in [2.05, 4.69) is 9.97 Å². The molecule has 0 saturated heterocycles. The number of aromatic nitrogens is 2. The van der Waals surface area contributed by atoms with Crippen molar-refractivity contribution in [2.24, 2.45) is 0 Å². The fourth-order valence-electron chi connectivity index (χ4n) is 1.23. The van der Waals surface area contributed by atoms with Gasteiger partial charge in [-0.3, -0.25) is 0 Å². The van der Waals surface area contributed by atoms with E-state index in [1.54, 1.807) is 24.3 Å². The SMILES string of the molecule is Fc1ncccc1/C=C\c1cccnc1F. The second kappa shape index (κ2) is 4.61. The quantitative estimate of drug-likeness (QED) is 0.724. The van der Waals surface area contributed by atoms with Crippen LogP contribution in [0.25, 0.3) is 12.2 Å². The Labute approximate surface area is 91.3 Å². The molecule has 0 aliphatic heterocycles. The number of nitrogens with zero attached hydrogens (tertiary/aromatic N) is 2. The molecule has 2 aromatic rings. The average molecular weight is 218 g/mol. The van der Waals surface area contributed by atoms with E-state index in [4.69, 9.17) is 0 Å². The Kier molecular flexibility index (Phi) is 3.00. The zero-order chi connectivity index (χ0) is 11.4. The van der Waals surface area contributed by atoms with Crippen molar-refractivity contribution < 1.29 is 8.78 Å². The second-order valence-electron chi connectivity index (χ2n) is 3.10. The highest BCUT2D eigenvalue weighted by atomic mass is 19.1. The molecule has 4 heteroatoms. The fraction of sp³-hybridized carbons (Fsp3) is 0. The summed E-state index contributed by atoms with van der Waals surface area (Å²) in [6.45, 7) is 0. The molecule has 0 aromatic carbocycles. The van der Waals surface area contributed by atoms with Gasteiger partial charge in [0.05, 0.1) is 0 Å². The summed E-state index contributed by atoms with van der Waals surface area (Å²) in [7, 11) is 0. The van der Waals surface area contributed by atoms with Gasteiger partial charge in [0.1, 0.15) is 0 Å². The Morgan fingerprint density at radius 2 is 1.25 bits per heavy atom. The van der Waals surface area contributed by atoms with Crippen LogP contribution in [-0.2, 0) is 0 Å². The molecule has 0 N–H and O–H groups in total. The van der Waals surface area contributed by atoms with Crippen molar-refractivity contribution in [3.8, 4) is 0 Å². The van der Waals surface area contributed by atoms with Crippen LogP contribution in [0.15, 0.2) is 36.7 Å². The van der Waals surface area contributed by atoms with Gasteiger partial charge in [0, 0.05) is 23.5 Å². The lowest BCUT2D eigenvalue weighted by atomic mass is 10.2. The second-order valence-corrected chi connectivity index (χ2v) is 3.10. The zero-order valence-electron chi connectivity index (χ0n) is 8.27. The van der Waals surface area contributed by atoms with Gasteiger partial charge in [-0.2, -0.15) is 8.78 Å². The van der Waals surface area contributed by atoms with Crippen LogP contribution in [0.2, 0.25) is 0 Å². The van der Waals surface area contributed by atoms with Gasteiger partial charge in [0.25, 0.3) is 0 Å². The van der Waals surface area contributed by atoms with Gasteiger partial charge in [-0.1, -0.05) is 0 Å². The van der Waals surface area contributed by atoms with Crippen LogP contribution in [0.5, 0.6) is 0 Å². The molecule has 0 spiro atoms. The topological polar surface area (TPSA) is 25.8 Å². The highest BCUT2D eigenvalue weighted by molar-refractivity contribution is 5.69. The summed E-state index contributed by atoms with van der Waals surface area (Å²) in [6.07, 6.45) is 5.64. The predicted molar refractivity (Wildman–Crippen MR) is 57.3 cm³/mol. The number of rotatable bonds is 2. The number of halogens is 2. The van der Waals surface area contributed by atoms with E-state index in [1.807, 2.05) is 0 Å². The molecular weight excluding hydrogens is 210 g/mol. The first-order valence-electron chi connectivity index (χ1n) is 4.66. The molecule has 80 valence electrons. The molecule has 0 aliphatic carbocycles. The summed E-state index contributed by atoms with van der Waals surface area (Å²) < 4.78 is 26.2. The summed E-state index contributed by atoms with van der Waals surface area (Å²) in [5.74, 6) is -1.16. The van der Waals surface area contributed by atoms with Crippen LogP contribution in [0.4, 0.5) is 8.78 Å². The predicted octanol–water partition coefficient (Wildman–Crippen LogP) is 2.93. The van der Waals surface area contributed by atoms with E-state index in [9.17, 15) is 8.78 Å². The first kappa shape index (κ1) is 10.4. The van der Waals surface area contributed by atoms with Crippen molar-refractivity contribution in [3.63, 3.8) is 0 Å². The van der Waals surface area contributed by atoms with Gasteiger partial charge >= 0.3 is 0 Å². The molecule has 16 heavy (non-hydrogen) atoms. The average Bonchev–Trinajstić information content (AvgIpc) is 2.30. The van der Waals surface area contributed by atoms with Crippen LogP contribution < -0.4 is 0 Å². The van der Waals surface area contributed by atoms with E-state index < -0.39 is 11.9 Å². The van der Waals surface area contributed by atoms with E-state index >= 15 is 0 Å². The maximum Gasteiger partial charge on any atom is 0.220 e. The van der Waals surface area contributed by atoms with Gasteiger partial charge < -0.3 is 0 Å². The normalized spacial score (nSPS) is 10.9. The van der Waals surface area contributed by atoms with Crippen LogP contribution >= 0.6 is 0 Å². The van der Waals surface area contributed by atoms with Crippen molar-refractivity contribution in [1.82, 2.24) is 9.97 Å². The molecule has 0 bridgehead atoms. The summed E-state index contributed by atoms with van der Waals surface area (Å²) in [5.41, 5.74) is 0.622. The smallest absolute Gasteiger partial charge is 0.220 e. The van der Waals surface area contributed by atoms with E-state index in [0.29, 0.717) is 11.1 Å². The van der Waals surface area contributed by atoms with Crippen LogP contribution in [0.1, 0.15) is 11.1 Å². The van der Waals surface area contributed by atoms with E-state index in [-0.39, 0.29) is 0 Å². The molecule has 2 heterocycles. The highest BCUT2D eigenvalue weighted by Gasteiger charge is 1.99. The lowest BCUT2D eigenvalue weighted by Gasteiger charge is -1.96. The van der Waals surface area contributed by atoms with Crippen LogP contribution in [-0.4, -0.2) is 9.97 Å². The van der Waals surface area contributed by atoms with Crippen LogP contribution in [0.3, 0.4) is 0 Å². The summed E-state index contributed by atoms with van der Waals surface area (Å²) in [6, 6.07) is 6.35. The monoisotopic (exact) mass is 218 g/mol. The molecule has 0 fully saturated rings. The molecule has 0 saturated carbocycles. The first-order valence-corrected chi connectivity index (χ1v) is 4.66. The molecule has 2 rings (SSSR count). The molecule has 0 amide bonds. The Bertz CT molecular complexity index is 476. The largest absolute Gasteiger partial charge is 0.228 e. The van der Waals surface area contributed by atoms with Gasteiger partial charge in [-0.05, 0) is 36.4 Å². The van der Waals surface area contributed by atoms with Gasteiger partial charge in [0.15, 0.2) is 0 Å². The minimum Gasteiger partial charge on any atom is -0.228 e. The number of pyridine rings is 2. The van der Waals surface area contributed by atoms with E-state index in [0.717, 1.165) is 0 Å². The Hall–Kier alpha value is -2.10.